The maximum Gasteiger partial charge on any atom is 0.303 e. The Labute approximate surface area is 139 Å². The maximum absolute atomic E-state index is 10.2. The summed E-state index contributed by atoms with van der Waals surface area (Å²) < 4.78 is 26.3. The van der Waals surface area contributed by atoms with Crippen molar-refractivity contribution in [2.24, 2.45) is 0 Å². The van der Waals surface area contributed by atoms with Gasteiger partial charge in [-0.3, -0.25) is 4.79 Å². The first-order valence-corrected chi connectivity index (χ1v) is 17.5. The quantitative estimate of drug-likeness (QED) is 0.519. The van der Waals surface area contributed by atoms with E-state index in [9.17, 15) is 4.79 Å². The Hall–Kier alpha value is 0.571. The van der Waals surface area contributed by atoms with Crippen LogP contribution in [0, 0.1) is 0 Å². The van der Waals surface area contributed by atoms with Crippen LogP contribution >= 0.6 is 0 Å². The second-order valence-electron chi connectivity index (χ2n) is 5.61. The van der Waals surface area contributed by atoms with Gasteiger partial charge in [-0.05, 0) is 38.7 Å². The fourth-order valence-electron chi connectivity index (χ4n) is 1.58. The molecule has 1 unspecified atom stereocenters. The fraction of sp³-hybridized carbons (Fsp3) is 0.875. The second kappa shape index (κ2) is 13.1. The smallest absolute Gasteiger partial charge is 0.303 e. The highest BCUT2D eigenvalue weighted by Gasteiger charge is 2.18. The zero-order valence-electron chi connectivity index (χ0n) is 13.4. The summed E-state index contributed by atoms with van der Waals surface area (Å²) in [4.78, 5) is 10.2. The minimum atomic E-state index is -1.38. The highest BCUT2D eigenvalue weighted by atomic mass is 28.4. The number of carboxylic acid groups (broad SMARTS) is 1. The summed E-state index contributed by atoms with van der Waals surface area (Å²) in [7, 11) is -5.08. The number of rotatable bonds is 6. The Bertz CT molecular complexity index is 252. The Morgan fingerprint density at radius 1 is 1.10 bits per heavy atom. The summed E-state index contributed by atoms with van der Waals surface area (Å²) >= 11 is 0. The average Bonchev–Trinajstić information content (AvgIpc) is 2.25. The zero-order valence-corrected chi connectivity index (χ0v) is 21.2. The lowest BCUT2D eigenvalue weighted by Crippen LogP contribution is -2.32. The van der Waals surface area contributed by atoms with Gasteiger partial charge in [0.2, 0.25) is 0 Å². The third-order valence-electron chi connectivity index (χ3n) is 2.22. The SMILES string of the molecule is C[SiH](CCCC(=O)O)O[Si](C)(C)C.O1[SiH2]O[SiH2]O[SiH2]O[SiH2]1. The molecule has 1 saturated heterocycles. The van der Waals surface area contributed by atoms with E-state index < -0.39 is 63.4 Å². The molecule has 1 aliphatic rings. The van der Waals surface area contributed by atoms with Crippen molar-refractivity contribution in [1.82, 2.24) is 0 Å². The summed E-state index contributed by atoms with van der Waals surface area (Å²) in [5, 5.41) is 8.44. The number of hydrogen-bond donors (Lipinski definition) is 1. The molecule has 1 fully saturated rings. The van der Waals surface area contributed by atoms with Gasteiger partial charge in [-0.1, -0.05) is 0 Å². The van der Waals surface area contributed by atoms with Crippen molar-refractivity contribution in [3.63, 3.8) is 0 Å². The minimum Gasteiger partial charge on any atom is -0.481 e. The molecular weight excluding hydrogens is 377 g/mol. The fourth-order valence-corrected chi connectivity index (χ4v) is 14.9. The van der Waals surface area contributed by atoms with Crippen LogP contribution in [-0.2, 0) is 25.4 Å². The van der Waals surface area contributed by atoms with Gasteiger partial charge >= 0.3 is 5.97 Å². The Morgan fingerprint density at radius 3 is 1.86 bits per heavy atom. The highest BCUT2D eigenvalue weighted by Crippen LogP contribution is 2.10. The molecule has 13 heteroatoms. The lowest BCUT2D eigenvalue weighted by molar-refractivity contribution is -0.137. The van der Waals surface area contributed by atoms with Gasteiger partial charge in [-0.2, -0.15) is 0 Å². The van der Waals surface area contributed by atoms with Crippen molar-refractivity contribution in [1.29, 1.82) is 0 Å². The van der Waals surface area contributed by atoms with E-state index in [1.54, 1.807) is 0 Å². The van der Waals surface area contributed by atoms with Crippen LogP contribution in [0.5, 0.6) is 0 Å². The van der Waals surface area contributed by atoms with E-state index in [0.717, 1.165) is 12.5 Å². The molecule has 1 N–H and O–H groups in total. The van der Waals surface area contributed by atoms with Gasteiger partial charge in [-0.15, -0.1) is 0 Å². The Morgan fingerprint density at radius 2 is 1.52 bits per heavy atom. The molecule has 126 valence electrons. The van der Waals surface area contributed by atoms with Gasteiger partial charge in [-0.25, -0.2) is 0 Å². The van der Waals surface area contributed by atoms with Crippen molar-refractivity contribution >= 4 is 63.4 Å². The highest BCUT2D eigenvalue weighted by molar-refractivity contribution is 6.77. The average molecular weight is 405 g/mol. The molecule has 0 bridgehead atoms. The van der Waals surface area contributed by atoms with Crippen LogP contribution in [0.2, 0.25) is 32.2 Å². The predicted octanol–water partition coefficient (Wildman–Crippen LogP) is -1.88. The van der Waals surface area contributed by atoms with Crippen LogP contribution < -0.4 is 0 Å². The zero-order chi connectivity index (χ0) is 16.1. The molecule has 1 aliphatic heterocycles. The largest absolute Gasteiger partial charge is 0.481 e. The standard InChI is InChI=1S/C8H20O3Si2.H8O4Si4/c1-12(11-13(2,3)4)7-5-6-8(9)10;1-5-2-7-4-8-3-6-1/h12H,5-7H2,1-4H3,(H,9,10);5-8H2. The maximum atomic E-state index is 10.2. The van der Waals surface area contributed by atoms with Gasteiger partial charge in [0.05, 0.1) is 0 Å². The molecule has 1 atom stereocenters. The summed E-state index contributed by atoms with van der Waals surface area (Å²) in [6.07, 6.45) is 1.06. The van der Waals surface area contributed by atoms with E-state index in [1.165, 1.54) is 0 Å². The third kappa shape index (κ3) is 18.5. The topological polar surface area (TPSA) is 83.5 Å². The van der Waals surface area contributed by atoms with Crippen LogP contribution in [-0.4, -0.2) is 68.5 Å². The number of aliphatic carboxylic acids is 1. The normalized spacial score (nSPS) is 22.5. The van der Waals surface area contributed by atoms with Crippen LogP contribution in [0.25, 0.3) is 0 Å². The van der Waals surface area contributed by atoms with Gasteiger partial charge < -0.3 is 25.7 Å². The van der Waals surface area contributed by atoms with E-state index in [4.69, 9.17) is 25.7 Å². The third-order valence-corrected chi connectivity index (χ3v) is 13.2. The van der Waals surface area contributed by atoms with Crippen molar-refractivity contribution in [2.45, 2.75) is 45.1 Å². The van der Waals surface area contributed by atoms with Crippen molar-refractivity contribution < 1.29 is 30.5 Å². The summed E-state index contributed by atoms with van der Waals surface area (Å²) in [5.74, 6) is -0.700. The van der Waals surface area contributed by atoms with Crippen molar-refractivity contribution in [3.05, 3.63) is 0 Å². The van der Waals surface area contributed by atoms with Crippen LogP contribution in [0.15, 0.2) is 0 Å². The molecule has 21 heavy (non-hydrogen) atoms. The molecular formula is C8H28O7Si6. The number of carboxylic acids is 1. The molecule has 7 nitrogen and oxygen atoms in total. The molecule has 0 aromatic heterocycles. The lowest BCUT2D eigenvalue weighted by Gasteiger charge is -2.22. The predicted molar refractivity (Wildman–Crippen MR) is 97.6 cm³/mol. The second-order valence-corrected chi connectivity index (χ2v) is 20.5. The Balaban J connectivity index is 0.000000423. The van der Waals surface area contributed by atoms with Gasteiger partial charge in [0.25, 0.3) is 40.0 Å². The van der Waals surface area contributed by atoms with Gasteiger partial charge in [0.15, 0.2) is 17.4 Å². The van der Waals surface area contributed by atoms with Crippen molar-refractivity contribution in [3.8, 4) is 0 Å². The molecule has 0 spiro atoms. The van der Waals surface area contributed by atoms with Gasteiger partial charge in [0.1, 0.15) is 0 Å². The first-order chi connectivity index (χ1) is 9.81. The van der Waals surface area contributed by atoms with E-state index >= 15 is 0 Å². The summed E-state index contributed by atoms with van der Waals surface area (Å²) in [5.41, 5.74) is 0. The van der Waals surface area contributed by atoms with E-state index in [1.807, 2.05) is 0 Å². The first-order valence-electron chi connectivity index (χ1n) is 7.02. The first kappa shape index (κ1) is 21.6. The number of carbonyl (C=O) groups is 1. The molecule has 0 saturated carbocycles. The minimum absolute atomic E-state index is 0.284. The number of hydrogen-bond acceptors (Lipinski definition) is 6. The monoisotopic (exact) mass is 404 g/mol. The molecule has 0 aromatic carbocycles. The molecule has 1 rings (SSSR count). The molecule has 0 aliphatic carbocycles. The van der Waals surface area contributed by atoms with Crippen LogP contribution in [0.3, 0.4) is 0 Å². The molecule has 0 aromatic rings. The Kier molecular flexibility index (Phi) is 13.4. The molecule has 1 heterocycles. The van der Waals surface area contributed by atoms with E-state index in [-0.39, 0.29) is 6.42 Å². The van der Waals surface area contributed by atoms with Crippen molar-refractivity contribution in [2.75, 3.05) is 0 Å². The summed E-state index contributed by atoms with van der Waals surface area (Å²) in [6, 6.07) is 0.983. The lowest BCUT2D eigenvalue weighted by atomic mass is 10.3. The van der Waals surface area contributed by atoms with E-state index in [0.29, 0.717) is 0 Å². The summed E-state index contributed by atoms with van der Waals surface area (Å²) in [6.45, 7) is 8.68. The van der Waals surface area contributed by atoms with E-state index in [2.05, 4.69) is 26.2 Å². The van der Waals surface area contributed by atoms with Crippen LogP contribution in [0.1, 0.15) is 12.8 Å². The molecule has 0 amide bonds. The van der Waals surface area contributed by atoms with Crippen LogP contribution in [0.4, 0.5) is 0 Å². The van der Waals surface area contributed by atoms with Gasteiger partial charge in [0, 0.05) is 6.42 Å². The molecule has 0 radical (unpaired) electrons.